The molecule has 2 rings (SSSR count). The van der Waals surface area contributed by atoms with Gasteiger partial charge in [-0.25, -0.2) is 0 Å². The van der Waals surface area contributed by atoms with Gasteiger partial charge >= 0.3 is 0 Å². The summed E-state index contributed by atoms with van der Waals surface area (Å²) in [6, 6.07) is 14.4. The molecule has 0 spiro atoms. The van der Waals surface area contributed by atoms with Gasteiger partial charge in [0.15, 0.2) is 0 Å². The molecule has 0 N–H and O–H groups in total. The number of rotatable bonds is 1. The van der Waals surface area contributed by atoms with Crippen molar-refractivity contribution in [3.63, 3.8) is 0 Å². The minimum Gasteiger partial charge on any atom is -0.0985 e. The fourth-order valence-electron chi connectivity index (χ4n) is 1.30. The molecule has 0 saturated carbocycles. The van der Waals surface area contributed by atoms with Crippen molar-refractivity contribution in [2.24, 2.45) is 0 Å². The van der Waals surface area contributed by atoms with Crippen LogP contribution in [0.5, 0.6) is 0 Å². The molecule has 0 aliphatic heterocycles. The predicted octanol–water partition coefficient (Wildman–Crippen LogP) is 3.48. The van der Waals surface area contributed by atoms with Crippen LogP contribution in [0.3, 0.4) is 0 Å². The quantitative estimate of drug-likeness (QED) is 0.591. The zero-order chi connectivity index (χ0) is 9.26. The van der Waals surface area contributed by atoms with Crippen LogP contribution in [-0.2, 0) is 0 Å². The van der Waals surface area contributed by atoms with Crippen molar-refractivity contribution in [1.29, 1.82) is 0 Å². The molecule has 0 heterocycles. The van der Waals surface area contributed by atoms with Crippen LogP contribution >= 0.6 is 0 Å². The summed E-state index contributed by atoms with van der Waals surface area (Å²) in [5, 5.41) is 2.36. The summed E-state index contributed by atoms with van der Waals surface area (Å²) in [6.45, 7) is 3.60. The van der Waals surface area contributed by atoms with Gasteiger partial charge in [-0.2, -0.15) is 0 Å². The monoisotopic (exact) mass is 155 g/mol. The number of hydrogen-bond donors (Lipinski definition) is 0. The predicted molar refractivity (Wildman–Crippen MR) is 54.0 cm³/mol. The average Bonchev–Trinajstić information content (AvgIpc) is 2.17. The molecule has 0 aliphatic carbocycles. The van der Waals surface area contributed by atoms with Crippen molar-refractivity contribution in [2.45, 2.75) is 0 Å². The minimum atomic E-state index is 0.366. The second-order valence-electron chi connectivity index (χ2n) is 2.74. The lowest BCUT2D eigenvalue weighted by Gasteiger charge is -1.97. The molecular weight excluding hydrogens is 144 g/mol. The lowest BCUT2D eigenvalue weighted by Crippen LogP contribution is -1.73. The number of hydrogen-bond acceptors (Lipinski definition) is 0. The Kier molecular flexibility index (Phi) is 1.41. The van der Waals surface area contributed by atoms with Crippen LogP contribution in [0.1, 0.15) is 6.93 Å². The molecule has 0 aromatic heterocycles. The maximum atomic E-state index is 7.40. The van der Waals surface area contributed by atoms with E-state index in [-0.39, 0.29) is 0 Å². The van der Waals surface area contributed by atoms with Crippen LogP contribution < -0.4 is 0 Å². The van der Waals surface area contributed by atoms with Gasteiger partial charge in [-0.05, 0) is 22.4 Å². The van der Waals surface area contributed by atoms with E-state index < -0.39 is 0 Å². The highest BCUT2D eigenvalue weighted by Gasteiger charge is 1.90. The Balaban J connectivity index is 2.69. The van der Waals surface area contributed by atoms with Crippen molar-refractivity contribution in [3.05, 3.63) is 54.6 Å². The molecule has 12 heavy (non-hydrogen) atoms. The van der Waals surface area contributed by atoms with Crippen molar-refractivity contribution < 1.29 is 1.37 Å². The fraction of sp³-hybridized carbons (Fsp3) is 0. The molecule has 0 amide bonds. The van der Waals surface area contributed by atoms with Crippen LogP contribution in [0.4, 0.5) is 0 Å². The van der Waals surface area contributed by atoms with Gasteiger partial charge in [-0.15, -0.1) is 0 Å². The molecule has 0 nitrogen and oxygen atoms in total. The van der Waals surface area contributed by atoms with E-state index in [1.807, 2.05) is 36.4 Å². The second kappa shape index (κ2) is 2.82. The van der Waals surface area contributed by atoms with Crippen LogP contribution in [-0.4, -0.2) is 0 Å². The molecule has 0 saturated heterocycles. The summed E-state index contributed by atoms with van der Waals surface area (Å²) in [4.78, 5) is 0. The van der Waals surface area contributed by atoms with E-state index in [1.165, 1.54) is 5.39 Å². The van der Waals surface area contributed by atoms with Crippen molar-refractivity contribution in [1.82, 2.24) is 0 Å². The standard InChI is InChI=1S/C12H10/c1-2-10-7-8-11-5-3-4-6-12(11)9-10/h2-9H,1H2/i2D. The molecule has 0 unspecified atom stereocenters. The molecule has 0 bridgehead atoms. The third-order valence-corrected chi connectivity index (χ3v) is 1.95. The number of fused-ring (bicyclic) bond motifs is 1. The first-order valence-electron chi connectivity index (χ1n) is 4.42. The summed E-state index contributed by atoms with van der Waals surface area (Å²) in [6.07, 6.45) is 0. The first-order chi connectivity index (χ1) is 6.27. The van der Waals surface area contributed by atoms with Gasteiger partial charge in [-0.3, -0.25) is 0 Å². The highest BCUT2D eigenvalue weighted by molar-refractivity contribution is 5.84. The highest BCUT2D eigenvalue weighted by atomic mass is 14.0. The number of benzene rings is 2. The van der Waals surface area contributed by atoms with Crippen LogP contribution in [0, 0.1) is 0 Å². The Morgan fingerprint density at radius 1 is 1.08 bits per heavy atom. The van der Waals surface area contributed by atoms with Gasteiger partial charge in [0.05, 0.1) is 1.37 Å². The Labute approximate surface area is 73.6 Å². The van der Waals surface area contributed by atoms with E-state index in [4.69, 9.17) is 1.37 Å². The Hall–Kier alpha value is -1.56. The molecular formula is C12H10. The zero-order valence-electron chi connectivity index (χ0n) is 7.75. The average molecular weight is 155 g/mol. The normalized spacial score (nSPS) is 11.2. The molecule has 58 valence electrons. The Bertz CT molecular complexity index is 457. The summed E-state index contributed by atoms with van der Waals surface area (Å²) < 4.78 is 7.40. The molecule has 0 heteroatoms. The molecule has 2 aromatic carbocycles. The molecule has 2 aromatic rings. The smallest absolute Gasteiger partial charge is 0.0623 e. The van der Waals surface area contributed by atoms with Crippen molar-refractivity contribution >= 4 is 16.8 Å². The minimum absolute atomic E-state index is 0.366. The fourth-order valence-corrected chi connectivity index (χ4v) is 1.30. The van der Waals surface area contributed by atoms with Crippen LogP contribution in [0.25, 0.3) is 16.8 Å². The van der Waals surface area contributed by atoms with Gasteiger partial charge < -0.3 is 0 Å². The van der Waals surface area contributed by atoms with Gasteiger partial charge in [0, 0.05) is 0 Å². The van der Waals surface area contributed by atoms with E-state index in [1.54, 1.807) is 0 Å². The van der Waals surface area contributed by atoms with Gasteiger partial charge in [-0.1, -0.05) is 49.0 Å². The van der Waals surface area contributed by atoms with Crippen molar-refractivity contribution in [3.8, 4) is 0 Å². The maximum Gasteiger partial charge on any atom is 0.0623 e. The Morgan fingerprint density at radius 3 is 2.58 bits per heavy atom. The molecule has 0 aliphatic rings. The summed E-state index contributed by atoms with van der Waals surface area (Å²) in [5.41, 5.74) is 0.888. The zero-order valence-corrected chi connectivity index (χ0v) is 6.75. The summed E-state index contributed by atoms with van der Waals surface area (Å²) in [7, 11) is 0. The third-order valence-electron chi connectivity index (χ3n) is 1.95. The largest absolute Gasteiger partial charge is 0.0985 e. The first-order valence-corrected chi connectivity index (χ1v) is 3.92. The van der Waals surface area contributed by atoms with E-state index in [0.29, 0.717) is 6.05 Å². The summed E-state index contributed by atoms with van der Waals surface area (Å²) >= 11 is 0. The lowest BCUT2D eigenvalue weighted by atomic mass is 10.1. The topological polar surface area (TPSA) is 0 Å². The molecule has 0 fully saturated rings. The van der Waals surface area contributed by atoms with E-state index in [9.17, 15) is 0 Å². The maximum absolute atomic E-state index is 7.40. The van der Waals surface area contributed by atoms with E-state index in [2.05, 4.69) is 12.6 Å². The highest BCUT2D eigenvalue weighted by Crippen LogP contribution is 2.15. The van der Waals surface area contributed by atoms with Crippen LogP contribution in [0.15, 0.2) is 49.0 Å². The molecule has 0 atom stereocenters. The van der Waals surface area contributed by atoms with Crippen LogP contribution in [0.2, 0.25) is 0 Å². The van der Waals surface area contributed by atoms with Gasteiger partial charge in [0.2, 0.25) is 0 Å². The van der Waals surface area contributed by atoms with E-state index >= 15 is 0 Å². The van der Waals surface area contributed by atoms with Gasteiger partial charge in [0.1, 0.15) is 0 Å². The van der Waals surface area contributed by atoms with Gasteiger partial charge in [0.25, 0.3) is 0 Å². The van der Waals surface area contributed by atoms with Crippen molar-refractivity contribution in [2.75, 3.05) is 0 Å². The Morgan fingerprint density at radius 2 is 1.83 bits per heavy atom. The summed E-state index contributed by atoms with van der Waals surface area (Å²) in [5.74, 6) is 0. The SMILES string of the molecule is [2H]C(=C)c1ccc2ccccc2c1. The van der Waals surface area contributed by atoms with E-state index in [0.717, 1.165) is 10.9 Å². The first kappa shape index (κ1) is 6.01. The second-order valence-corrected chi connectivity index (χ2v) is 2.74. The third kappa shape index (κ3) is 1.12. The molecule has 0 radical (unpaired) electrons. The lowest BCUT2D eigenvalue weighted by molar-refractivity contribution is 1.71.